The highest BCUT2D eigenvalue weighted by Crippen LogP contribution is 2.27. The number of benzene rings is 1. The van der Waals surface area contributed by atoms with E-state index in [1.54, 1.807) is 12.1 Å². The third kappa shape index (κ3) is 3.87. The monoisotopic (exact) mass is 280 g/mol. The van der Waals surface area contributed by atoms with Crippen LogP contribution in [0.25, 0.3) is 0 Å². The lowest BCUT2D eigenvalue weighted by Gasteiger charge is -2.24. The number of carbonyl (C=O) groups is 1. The van der Waals surface area contributed by atoms with Crippen molar-refractivity contribution in [1.29, 1.82) is 0 Å². The summed E-state index contributed by atoms with van der Waals surface area (Å²) < 4.78 is 16.6. The van der Waals surface area contributed by atoms with Crippen LogP contribution in [0, 0.1) is 0 Å². The molecule has 1 aromatic carbocycles. The minimum absolute atomic E-state index is 0.0942. The van der Waals surface area contributed by atoms with Crippen LogP contribution in [0.1, 0.15) is 36.5 Å². The standard InChI is InChI=1S/C15H20O5/c1-2-7-19-11-5-6-13(15(16)17)14(9-11)20-12-4-3-8-18-10-12/h5-6,9,12H,2-4,7-8,10H2,1H3,(H,16,17). The number of hydrogen-bond acceptors (Lipinski definition) is 4. The zero-order valence-electron chi connectivity index (χ0n) is 11.6. The van der Waals surface area contributed by atoms with E-state index in [9.17, 15) is 9.90 Å². The van der Waals surface area contributed by atoms with Gasteiger partial charge >= 0.3 is 5.97 Å². The smallest absolute Gasteiger partial charge is 0.339 e. The lowest BCUT2D eigenvalue weighted by molar-refractivity contribution is 0.00669. The maximum atomic E-state index is 11.2. The molecule has 0 amide bonds. The average molecular weight is 280 g/mol. The van der Waals surface area contributed by atoms with E-state index in [4.69, 9.17) is 14.2 Å². The van der Waals surface area contributed by atoms with Crippen molar-refractivity contribution in [3.05, 3.63) is 23.8 Å². The Labute approximate surface area is 118 Å². The zero-order valence-corrected chi connectivity index (χ0v) is 11.6. The van der Waals surface area contributed by atoms with Crippen LogP contribution in [-0.2, 0) is 4.74 Å². The van der Waals surface area contributed by atoms with E-state index in [0.29, 0.717) is 24.7 Å². The molecule has 1 aliphatic heterocycles. The van der Waals surface area contributed by atoms with E-state index in [1.807, 2.05) is 6.92 Å². The van der Waals surface area contributed by atoms with Gasteiger partial charge in [0.1, 0.15) is 23.2 Å². The SMILES string of the molecule is CCCOc1ccc(C(=O)O)c(OC2CCCOC2)c1. The summed E-state index contributed by atoms with van der Waals surface area (Å²) in [5.41, 5.74) is 0.152. The van der Waals surface area contributed by atoms with Gasteiger partial charge < -0.3 is 19.3 Å². The summed E-state index contributed by atoms with van der Waals surface area (Å²) in [5.74, 6) is -0.0241. The topological polar surface area (TPSA) is 65.0 Å². The molecule has 2 rings (SSSR count). The van der Waals surface area contributed by atoms with Gasteiger partial charge in [0.2, 0.25) is 0 Å². The molecule has 1 atom stereocenters. The van der Waals surface area contributed by atoms with Gasteiger partial charge in [0, 0.05) is 12.7 Å². The molecule has 1 heterocycles. The van der Waals surface area contributed by atoms with E-state index in [1.165, 1.54) is 6.07 Å². The Kier molecular flexibility index (Phi) is 5.24. The first-order chi connectivity index (χ1) is 9.70. The predicted molar refractivity (Wildman–Crippen MR) is 73.7 cm³/mol. The van der Waals surface area contributed by atoms with Crippen molar-refractivity contribution in [3.8, 4) is 11.5 Å². The molecule has 0 saturated carbocycles. The Balaban J connectivity index is 2.14. The molecule has 5 nitrogen and oxygen atoms in total. The van der Waals surface area contributed by atoms with E-state index >= 15 is 0 Å². The first kappa shape index (κ1) is 14.7. The molecule has 1 aliphatic rings. The number of rotatable bonds is 6. The molecular formula is C15H20O5. The minimum atomic E-state index is -1.00. The van der Waals surface area contributed by atoms with Crippen molar-refractivity contribution in [2.45, 2.75) is 32.3 Å². The van der Waals surface area contributed by atoms with Crippen LogP contribution in [0.3, 0.4) is 0 Å². The fraction of sp³-hybridized carbons (Fsp3) is 0.533. The Morgan fingerprint density at radius 1 is 1.50 bits per heavy atom. The lowest BCUT2D eigenvalue weighted by Crippen LogP contribution is -2.28. The largest absolute Gasteiger partial charge is 0.493 e. The maximum Gasteiger partial charge on any atom is 0.339 e. The molecule has 1 aromatic rings. The molecule has 110 valence electrons. The van der Waals surface area contributed by atoms with Gasteiger partial charge in [-0.15, -0.1) is 0 Å². The lowest BCUT2D eigenvalue weighted by atomic mass is 10.1. The molecule has 0 bridgehead atoms. The van der Waals surface area contributed by atoms with Crippen LogP contribution >= 0.6 is 0 Å². The van der Waals surface area contributed by atoms with E-state index in [2.05, 4.69) is 0 Å². The number of carboxylic acid groups (broad SMARTS) is 1. The highest BCUT2D eigenvalue weighted by molar-refractivity contribution is 5.91. The molecule has 1 fully saturated rings. The minimum Gasteiger partial charge on any atom is -0.493 e. The van der Waals surface area contributed by atoms with Gasteiger partial charge in [-0.2, -0.15) is 0 Å². The second-order valence-electron chi connectivity index (χ2n) is 4.77. The van der Waals surface area contributed by atoms with Crippen molar-refractivity contribution >= 4 is 5.97 Å². The van der Waals surface area contributed by atoms with Gasteiger partial charge in [-0.3, -0.25) is 0 Å². The van der Waals surface area contributed by atoms with Gasteiger partial charge in [-0.1, -0.05) is 6.92 Å². The normalized spacial score (nSPS) is 18.6. The highest BCUT2D eigenvalue weighted by Gasteiger charge is 2.19. The molecule has 1 N–H and O–H groups in total. The number of carboxylic acids is 1. The maximum absolute atomic E-state index is 11.2. The average Bonchev–Trinajstić information content (AvgIpc) is 2.46. The molecule has 0 radical (unpaired) electrons. The zero-order chi connectivity index (χ0) is 14.4. The molecule has 0 spiro atoms. The fourth-order valence-corrected chi connectivity index (χ4v) is 2.07. The third-order valence-electron chi connectivity index (χ3n) is 3.07. The summed E-state index contributed by atoms with van der Waals surface area (Å²) in [5, 5.41) is 9.21. The van der Waals surface area contributed by atoms with Crippen LogP contribution in [-0.4, -0.2) is 37.0 Å². The van der Waals surface area contributed by atoms with Crippen molar-refractivity contribution in [1.82, 2.24) is 0 Å². The second-order valence-corrected chi connectivity index (χ2v) is 4.77. The predicted octanol–water partition coefficient (Wildman–Crippen LogP) is 2.73. The van der Waals surface area contributed by atoms with Crippen LogP contribution in [0.5, 0.6) is 11.5 Å². The summed E-state index contributed by atoms with van der Waals surface area (Å²) in [6, 6.07) is 4.82. The Bertz CT molecular complexity index is 452. The van der Waals surface area contributed by atoms with Gasteiger partial charge in [0.25, 0.3) is 0 Å². The van der Waals surface area contributed by atoms with Crippen molar-refractivity contribution in [2.24, 2.45) is 0 Å². The molecule has 1 saturated heterocycles. The van der Waals surface area contributed by atoms with Gasteiger partial charge in [0.05, 0.1) is 13.2 Å². The van der Waals surface area contributed by atoms with Gasteiger partial charge in [-0.05, 0) is 31.4 Å². The summed E-state index contributed by atoms with van der Waals surface area (Å²) in [6.07, 6.45) is 2.61. The summed E-state index contributed by atoms with van der Waals surface area (Å²) in [6.45, 7) is 3.85. The van der Waals surface area contributed by atoms with Gasteiger partial charge in [-0.25, -0.2) is 4.79 Å². The summed E-state index contributed by atoms with van der Waals surface area (Å²) >= 11 is 0. The number of aromatic carboxylic acids is 1. The summed E-state index contributed by atoms with van der Waals surface area (Å²) in [4.78, 5) is 11.2. The second kappa shape index (κ2) is 7.14. The van der Waals surface area contributed by atoms with Crippen molar-refractivity contribution < 1.29 is 24.1 Å². The quantitative estimate of drug-likeness (QED) is 0.868. The third-order valence-corrected chi connectivity index (χ3v) is 3.07. The van der Waals surface area contributed by atoms with Crippen LogP contribution in [0.4, 0.5) is 0 Å². The molecule has 5 heteroatoms. The fourth-order valence-electron chi connectivity index (χ4n) is 2.07. The van der Waals surface area contributed by atoms with Crippen LogP contribution in [0.15, 0.2) is 18.2 Å². The molecular weight excluding hydrogens is 260 g/mol. The molecule has 20 heavy (non-hydrogen) atoms. The first-order valence-corrected chi connectivity index (χ1v) is 6.95. The Morgan fingerprint density at radius 3 is 3.00 bits per heavy atom. The Morgan fingerprint density at radius 2 is 2.35 bits per heavy atom. The van der Waals surface area contributed by atoms with Crippen LogP contribution in [0.2, 0.25) is 0 Å². The number of ether oxygens (including phenoxy) is 3. The first-order valence-electron chi connectivity index (χ1n) is 6.95. The van der Waals surface area contributed by atoms with E-state index in [0.717, 1.165) is 25.9 Å². The molecule has 0 aliphatic carbocycles. The summed E-state index contributed by atoms with van der Waals surface area (Å²) in [7, 11) is 0. The number of hydrogen-bond donors (Lipinski definition) is 1. The molecule has 1 unspecified atom stereocenters. The van der Waals surface area contributed by atoms with Crippen LogP contribution < -0.4 is 9.47 Å². The molecule has 0 aromatic heterocycles. The highest BCUT2D eigenvalue weighted by atomic mass is 16.5. The van der Waals surface area contributed by atoms with Crippen molar-refractivity contribution in [2.75, 3.05) is 19.8 Å². The van der Waals surface area contributed by atoms with E-state index < -0.39 is 5.97 Å². The van der Waals surface area contributed by atoms with Crippen molar-refractivity contribution in [3.63, 3.8) is 0 Å². The Hall–Kier alpha value is -1.75. The van der Waals surface area contributed by atoms with Gasteiger partial charge in [0.15, 0.2) is 0 Å². The van der Waals surface area contributed by atoms with E-state index in [-0.39, 0.29) is 11.7 Å².